The molecule has 3 N–H and O–H groups in total. The van der Waals surface area contributed by atoms with Gasteiger partial charge in [-0.1, -0.05) is 6.07 Å². The summed E-state index contributed by atoms with van der Waals surface area (Å²) in [7, 11) is 4.09. The fourth-order valence-electron chi connectivity index (χ4n) is 4.14. The second-order valence-electron chi connectivity index (χ2n) is 8.12. The maximum Gasteiger partial charge on any atom is 0.330 e. The van der Waals surface area contributed by atoms with E-state index in [9.17, 15) is 4.79 Å². The van der Waals surface area contributed by atoms with E-state index in [2.05, 4.69) is 39.6 Å². The molecule has 0 aliphatic heterocycles. The second kappa shape index (κ2) is 7.56. The lowest BCUT2D eigenvalue weighted by atomic mass is 9.99. The third-order valence-corrected chi connectivity index (χ3v) is 5.84. The minimum absolute atomic E-state index is 0.0866. The molecule has 0 spiro atoms. The van der Waals surface area contributed by atoms with Crippen LogP contribution in [0.15, 0.2) is 6.07 Å². The average Bonchev–Trinajstić information content (AvgIpc) is 3.13. The van der Waals surface area contributed by atoms with E-state index < -0.39 is 0 Å². The molecule has 0 fully saturated rings. The number of nitrogens with one attached hydrogen (secondary N) is 3. The van der Waals surface area contributed by atoms with Crippen molar-refractivity contribution in [1.82, 2.24) is 14.3 Å². The predicted molar refractivity (Wildman–Crippen MR) is 106 cm³/mol. The van der Waals surface area contributed by atoms with Crippen molar-refractivity contribution in [2.45, 2.75) is 57.9 Å². The van der Waals surface area contributed by atoms with Crippen molar-refractivity contribution < 1.29 is 4.79 Å². The Morgan fingerprint density at radius 2 is 1.72 bits per heavy atom. The molecule has 0 atom stereocenters. The highest BCUT2D eigenvalue weighted by Crippen LogP contribution is 2.38. The Bertz CT molecular complexity index is 625. The van der Waals surface area contributed by atoms with Gasteiger partial charge in [0.2, 0.25) is 0 Å². The van der Waals surface area contributed by atoms with Crippen molar-refractivity contribution in [1.29, 1.82) is 0 Å². The van der Waals surface area contributed by atoms with Crippen molar-refractivity contribution in [3.05, 3.63) is 28.3 Å². The lowest BCUT2D eigenvalue weighted by molar-refractivity contribution is 0.257. The molecule has 2 aliphatic rings. The molecule has 138 valence electrons. The molecule has 0 bridgehead atoms. The van der Waals surface area contributed by atoms with Gasteiger partial charge in [-0.15, -0.1) is 0 Å². The SMILES string of the molecule is CN(C)CC(C)(C)NSNC(=O)Nc1c2c(cc3c1CCC3)CCC2. The summed E-state index contributed by atoms with van der Waals surface area (Å²) in [5.74, 6) is 0. The normalized spacial score (nSPS) is 16.0. The lowest BCUT2D eigenvalue weighted by Crippen LogP contribution is -2.45. The smallest absolute Gasteiger partial charge is 0.308 e. The van der Waals surface area contributed by atoms with Crippen LogP contribution in [0.1, 0.15) is 48.9 Å². The van der Waals surface area contributed by atoms with Crippen LogP contribution in [0.3, 0.4) is 0 Å². The zero-order chi connectivity index (χ0) is 18.0. The highest BCUT2D eigenvalue weighted by molar-refractivity contribution is 7.96. The molecule has 0 heterocycles. The molecule has 1 aromatic carbocycles. The van der Waals surface area contributed by atoms with Crippen LogP contribution < -0.4 is 14.8 Å². The van der Waals surface area contributed by atoms with Gasteiger partial charge < -0.3 is 10.2 Å². The van der Waals surface area contributed by atoms with E-state index in [-0.39, 0.29) is 11.6 Å². The summed E-state index contributed by atoms with van der Waals surface area (Å²) in [5.41, 5.74) is 6.61. The number of anilines is 1. The Morgan fingerprint density at radius 1 is 1.12 bits per heavy atom. The number of carbonyl (C=O) groups excluding carboxylic acids is 1. The first kappa shape index (κ1) is 18.5. The fraction of sp³-hybridized carbons (Fsp3) is 0.632. The average molecular weight is 363 g/mol. The minimum atomic E-state index is -0.146. The zero-order valence-electron chi connectivity index (χ0n) is 15.8. The van der Waals surface area contributed by atoms with Crippen LogP contribution in [-0.4, -0.2) is 37.1 Å². The molecule has 5 nitrogen and oxygen atoms in total. The van der Waals surface area contributed by atoms with Crippen molar-refractivity contribution >= 4 is 23.9 Å². The topological polar surface area (TPSA) is 56.4 Å². The number of hydrogen-bond donors (Lipinski definition) is 3. The monoisotopic (exact) mass is 362 g/mol. The highest BCUT2D eigenvalue weighted by atomic mass is 32.2. The van der Waals surface area contributed by atoms with Crippen LogP contribution in [-0.2, 0) is 25.7 Å². The number of rotatable bonds is 6. The molecule has 3 rings (SSSR count). The van der Waals surface area contributed by atoms with Gasteiger partial charge in [0.15, 0.2) is 0 Å². The molecule has 2 aliphatic carbocycles. The maximum atomic E-state index is 12.4. The number of urea groups is 1. The third-order valence-electron chi connectivity index (χ3n) is 4.89. The number of benzene rings is 1. The van der Waals surface area contributed by atoms with Crippen molar-refractivity contribution in [3.8, 4) is 0 Å². The van der Waals surface area contributed by atoms with Gasteiger partial charge in [-0.3, -0.25) is 4.72 Å². The minimum Gasteiger partial charge on any atom is -0.308 e. The van der Waals surface area contributed by atoms with Crippen LogP contribution in [0.2, 0.25) is 0 Å². The second-order valence-corrected chi connectivity index (χ2v) is 8.73. The summed E-state index contributed by atoms with van der Waals surface area (Å²) in [6.45, 7) is 5.13. The van der Waals surface area contributed by atoms with Crippen LogP contribution in [0.4, 0.5) is 10.5 Å². The molecule has 0 radical (unpaired) electrons. The number of likely N-dealkylation sites (N-methyl/N-ethyl adjacent to an activating group) is 1. The summed E-state index contributed by atoms with van der Waals surface area (Å²) in [6, 6.07) is 2.24. The summed E-state index contributed by atoms with van der Waals surface area (Å²) in [4.78, 5) is 14.6. The highest BCUT2D eigenvalue weighted by Gasteiger charge is 2.25. The van der Waals surface area contributed by atoms with E-state index in [1.807, 2.05) is 14.1 Å². The molecule has 2 amide bonds. The predicted octanol–water partition coefficient (Wildman–Crippen LogP) is 3.28. The van der Waals surface area contributed by atoms with E-state index in [1.165, 1.54) is 47.2 Å². The molecular weight excluding hydrogens is 332 g/mol. The summed E-state index contributed by atoms with van der Waals surface area (Å²) >= 11 is 1.26. The number of amides is 2. The molecule has 0 saturated heterocycles. The van der Waals surface area contributed by atoms with Crippen molar-refractivity contribution in [2.75, 3.05) is 26.0 Å². The van der Waals surface area contributed by atoms with E-state index in [0.717, 1.165) is 37.9 Å². The Labute approximate surface area is 155 Å². The first-order valence-corrected chi connectivity index (χ1v) is 9.98. The number of fused-ring (bicyclic) bond motifs is 2. The summed E-state index contributed by atoms with van der Waals surface area (Å²) < 4.78 is 6.19. The molecule has 1 aromatic rings. The first-order chi connectivity index (χ1) is 11.9. The maximum absolute atomic E-state index is 12.4. The van der Waals surface area contributed by atoms with E-state index in [4.69, 9.17) is 0 Å². The Hall–Kier alpha value is -1.24. The van der Waals surface area contributed by atoms with Crippen molar-refractivity contribution in [3.63, 3.8) is 0 Å². The quantitative estimate of drug-likeness (QED) is 0.680. The van der Waals surface area contributed by atoms with Gasteiger partial charge in [-0.25, -0.2) is 9.52 Å². The molecule has 0 aromatic heterocycles. The third kappa shape index (κ3) is 4.49. The molecule has 0 unspecified atom stereocenters. The zero-order valence-corrected chi connectivity index (χ0v) is 16.6. The number of nitrogens with zero attached hydrogens (tertiary/aromatic N) is 1. The van der Waals surface area contributed by atoms with Gasteiger partial charge in [0.05, 0.1) is 0 Å². The number of aryl methyl sites for hydroxylation is 2. The summed E-state index contributed by atoms with van der Waals surface area (Å²) in [5, 5.41) is 3.15. The number of carbonyl (C=O) groups is 1. The fourth-order valence-corrected chi connectivity index (χ4v) is 4.67. The molecule has 6 heteroatoms. The summed E-state index contributed by atoms with van der Waals surface area (Å²) in [6.07, 6.45) is 6.86. The molecule has 25 heavy (non-hydrogen) atoms. The van der Waals surface area contributed by atoms with Gasteiger partial charge in [-0.05, 0) is 88.7 Å². The lowest BCUT2D eigenvalue weighted by Gasteiger charge is -2.28. The van der Waals surface area contributed by atoms with E-state index >= 15 is 0 Å². The van der Waals surface area contributed by atoms with Gasteiger partial charge >= 0.3 is 6.03 Å². The Balaban J connectivity index is 1.61. The number of hydrogen-bond acceptors (Lipinski definition) is 4. The van der Waals surface area contributed by atoms with Crippen molar-refractivity contribution in [2.24, 2.45) is 0 Å². The Kier molecular flexibility index (Phi) is 5.61. The van der Waals surface area contributed by atoms with Gasteiger partial charge in [0, 0.05) is 29.9 Å². The van der Waals surface area contributed by atoms with Crippen LogP contribution in [0.5, 0.6) is 0 Å². The standard InChI is InChI=1S/C19H30N4OS/c1-19(2,12-23(3)4)22-25-21-18(24)20-17-15-9-5-7-13(15)11-14-8-6-10-16(14)17/h11,22H,5-10,12H2,1-4H3,(H2,20,21,24). The van der Waals surface area contributed by atoms with E-state index in [1.54, 1.807) is 0 Å². The van der Waals surface area contributed by atoms with Crippen LogP contribution in [0.25, 0.3) is 0 Å². The largest absolute Gasteiger partial charge is 0.330 e. The first-order valence-electron chi connectivity index (χ1n) is 9.17. The van der Waals surface area contributed by atoms with Crippen LogP contribution in [0, 0.1) is 0 Å². The van der Waals surface area contributed by atoms with Gasteiger partial charge in [-0.2, -0.15) is 0 Å². The van der Waals surface area contributed by atoms with Crippen LogP contribution >= 0.6 is 12.1 Å². The van der Waals surface area contributed by atoms with E-state index in [0.29, 0.717) is 0 Å². The van der Waals surface area contributed by atoms with Gasteiger partial charge in [0.25, 0.3) is 0 Å². The van der Waals surface area contributed by atoms with Gasteiger partial charge in [0.1, 0.15) is 0 Å². The Morgan fingerprint density at radius 3 is 2.28 bits per heavy atom. The molecular formula is C19H30N4OS. The molecule has 0 saturated carbocycles.